The maximum atomic E-state index is 12.2. The number of aliphatic hydroxyl groups is 1. The monoisotopic (exact) mass is 283 g/mol. The second-order valence-corrected chi connectivity index (χ2v) is 4.63. The molecule has 1 aliphatic heterocycles. The highest BCUT2D eigenvalue weighted by Crippen LogP contribution is 2.14. The number of likely N-dealkylation sites (N-methyl/N-ethyl adjacent to an activating group) is 1. The largest absolute Gasteiger partial charge is 0.388 e. The number of aromatic amines is 2. The fourth-order valence-electron chi connectivity index (χ4n) is 2.26. The van der Waals surface area contributed by atoms with Crippen LogP contribution in [0.5, 0.6) is 0 Å². The van der Waals surface area contributed by atoms with Crippen molar-refractivity contribution in [3.05, 3.63) is 32.6 Å². The summed E-state index contributed by atoms with van der Waals surface area (Å²) in [4.78, 5) is 40.6. The molecule has 2 rings (SSSR count). The van der Waals surface area contributed by atoms with Crippen molar-refractivity contribution in [2.24, 2.45) is 0 Å². The van der Waals surface area contributed by atoms with Crippen molar-refractivity contribution < 1.29 is 14.6 Å². The highest BCUT2D eigenvalue weighted by Gasteiger charge is 2.33. The van der Waals surface area contributed by atoms with Gasteiger partial charge in [-0.1, -0.05) is 0 Å². The number of nitrogens with zero attached hydrogens (tertiary/aromatic N) is 1. The maximum absolute atomic E-state index is 12.2. The van der Waals surface area contributed by atoms with Crippen LogP contribution in [0.2, 0.25) is 0 Å². The van der Waals surface area contributed by atoms with Gasteiger partial charge in [-0.05, 0) is 6.92 Å². The third kappa shape index (κ3) is 2.97. The van der Waals surface area contributed by atoms with Crippen molar-refractivity contribution in [3.63, 3.8) is 0 Å². The first kappa shape index (κ1) is 14.5. The van der Waals surface area contributed by atoms with Crippen LogP contribution in [0.1, 0.15) is 12.5 Å². The number of ether oxygens (including phenoxy) is 1. The smallest absolute Gasteiger partial charge is 0.325 e. The number of hydrogen-bond acceptors (Lipinski definition) is 5. The van der Waals surface area contributed by atoms with E-state index in [0.29, 0.717) is 6.54 Å². The summed E-state index contributed by atoms with van der Waals surface area (Å²) in [5.41, 5.74) is -1.01. The van der Waals surface area contributed by atoms with Gasteiger partial charge >= 0.3 is 5.69 Å². The van der Waals surface area contributed by atoms with Crippen molar-refractivity contribution in [1.82, 2.24) is 14.9 Å². The molecule has 0 unspecified atom stereocenters. The molecule has 0 spiro atoms. The number of hydrogen-bond donors (Lipinski definition) is 3. The van der Waals surface area contributed by atoms with Gasteiger partial charge in [0.1, 0.15) is 0 Å². The quantitative estimate of drug-likeness (QED) is 0.604. The number of carbonyl (C=O) groups excluding carboxylic acids is 1. The van der Waals surface area contributed by atoms with Gasteiger partial charge in [-0.2, -0.15) is 0 Å². The Balaban J connectivity index is 2.13. The van der Waals surface area contributed by atoms with Crippen LogP contribution in [0.4, 0.5) is 0 Å². The number of rotatable bonds is 4. The fraction of sp³-hybridized carbons (Fsp3) is 0.583. The van der Waals surface area contributed by atoms with Gasteiger partial charge in [0.25, 0.3) is 5.56 Å². The molecule has 20 heavy (non-hydrogen) atoms. The van der Waals surface area contributed by atoms with Gasteiger partial charge in [-0.15, -0.1) is 0 Å². The van der Waals surface area contributed by atoms with E-state index in [1.165, 1.54) is 11.1 Å². The summed E-state index contributed by atoms with van der Waals surface area (Å²) in [6.45, 7) is 2.68. The SMILES string of the molecule is CCN(C(=O)Cc1c[nH]c(=O)[nH]c1=O)[C@@H]1COC[C@H]1O. The minimum Gasteiger partial charge on any atom is -0.388 e. The molecule has 0 bridgehead atoms. The molecule has 0 aromatic carbocycles. The molecule has 0 radical (unpaired) electrons. The van der Waals surface area contributed by atoms with Gasteiger partial charge in [-0.3, -0.25) is 14.6 Å². The van der Waals surface area contributed by atoms with Crippen LogP contribution in [0, 0.1) is 0 Å². The Morgan fingerprint density at radius 3 is 2.80 bits per heavy atom. The van der Waals surface area contributed by atoms with Gasteiger partial charge < -0.3 is 19.7 Å². The molecule has 3 N–H and O–H groups in total. The zero-order valence-corrected chi connectivity index (χ0v) is 11.1. The Morgan fingerprint density at radius 2 is 2.25 bits per heavy atom. The van der Waals surface area contributed by atoms with E-state index in [4.69, 9.17) is 4.74 Å². The second-order valence-electron chi connectivity index (χ2n) is 4.63. The number of amides is 1. The Bertz CT molecular complexity index is 593. The molecule has 0 aliphatic carbocycles. The van der Waals surface area contributed by atoms with Crippen LogP contribution in [0.15, 0.2) is 15.8 Å². The molecule has 110 valence electrons. The molecule has 1 aromatic heterocycles. The van der Waals surface area contributed by atoms with Gasteiger partial charge in [0, 0.05) is 18.3 Å². The molecule has 2 heterocycles. The fourth-order valence-corrected chi connectivity index (χ4v) is 2.26. The highest BCUT2D eigenvalue weighted by molar-refractivity contribution is 5.79. The summed E-state index contributed by atoms with van der Waals surface area (Å²) in [7, 11) is 0. The minimum absolute atomic E-state index is 0.136. The Morgan fingerprint density at radius 1 is 1.50 bits per heavy atom. The Kier molecular flexibility index (Phi) is 4.35. The zero-order valence-electron chi connectivity index (χ0n) is 11.1. The third-order valence-electron chi connectivity index (χ3n) is 3.32. The molecular formula is C12H17N3O5. The number of aliphatic hydroxyl groups excluding tert-OH is 1. The molecule has 0 saturated carbocycles. The van der Waals surface area contributed by atoms with E-state index in [9.17, 15) is 19.5 Å². The number of H-pyrrole nitrogens is 2. The molecule has 2 atom stereocenters. The molecule has 1 saturated heterocycles. The van der Waals surface area contributed by atoms with Crippen LogP contribution >= 0.6 is 0 Å². The van der Waals surface area contributed by atoms with Crippen molar-refractivity contribution >= 4 is 5.91 Å². The van der Waals surface area contributed by atoms with E-state index < -0.39 is 23.4 Å². The van der Waals surface area contributed by atoms with Crippen LogP contribution < -0.4 is 11.2 Å². The summed E-state index contributed by atoms with van der Waals surface area (Å²) >= 11 is 0. The number of aromatic nitrogens is 2. The molecule has 1 amide bonds. The van der Waals surface area contributed by atoms with E-state index in [2.05, 4.69) is 9.97 Å². The first-order valence-electron chi connectivity index (χ1n) is 6.39. The summed E-state index contributed by atoms with van der Waals surface area (Å²) in [6, 6.07) is -0.394. The first-order chi connectivity index (χ1) is 9.52. The minimum atomic E-state index is -0.715. The van der Waals surface area contributed by atoms with Crippen LogP contribution in [0.25, 0.3) is 0 Å². The van der Waals surface area contributed by atoms with E-state index in [-0.39, 0.29) is 31.1 Å². The number of carbonyl (C=O) groups is 1. The van der Waals surface area contributed by atoms with Crippen LogP contribution in [0.3, 0.4) is 0 Å². The lowest BCUT2D eigenvalue weighted by Gasteiger charge is -2.28. The van der Waals surface area contributed by atoms with Crippen molar-refractivity contribution in [1.29, 1.82) is 0 Å². The average Bonchev–Trinajstić information content (AvgIpc) is 2.80. The van der Waals surface area contributed by atoms with E-state index >= 15 is 0 Å². The molecule has 1 aliphatic rings. The molecule has 8 heteroatoms. The summed E-state index contributed by atoms with van der Waals surface area (Å²) in [6.07, 6.45) is 0.380. The molecule has 8 nitrogen and oxygen atoms in total. The zero-order chi connectivity index (χ0) is 14.7. The van der Waals surface area contributed by atoms with E-state index in [1.807, 2.05) is 0 Å². The van der Waals surface area contributed by atoms with E-state index in [1.54, 1.807) is 6.92 Å². The van der Waals surface area contributed by atoms with Gasteiger partial charge in [0.2, 0.25) is 5.91 Å². The lowest BCUT2D eigenvalue weighted by Crippen LogP contribution is -2.47. The second kappa shape index (κ2) is 6.02. The van der Waals surface area contributed by atoms with Crippen molar-refractivity contribution in [3.8, 4) is 0 Å². The van der Waals surface area contributed by atoms with E-state index in [0.717, 1.165) is 0 Å². The predicted molar refractivity (Wildman–Crippen MR) is 69.4 cm³/mol. The van der Waals surface area contributed by atoms with Crippen molar-refractivity contribution in [2.75, 3.05) is 19.8 Å². The Hall–Kier alpha value is -1.93. The molecule has 1 fully saturated rings. The molecular weight excluding hydrogens is 266 g/mol. The lowest BCUT2D eigenvalue weighted by atomic mass is 10.1. The lowest BCUT2D eigenvalue weighted by molar-refractivity contribution is -0.134. The normalized spacial score (nSPS) is 21.9. The number of nitrogens with one attached hydrogen (secondary N) is 2. The topological polar surface area (TPSA) is 115 Å². The Labute approximate surface area is 114 Å². The summed E-state index contributed by atoms with van der Waals surface area (Å²) < 4.78 is 5.13. The maximum Gasteiger partial charge on any atom is 0.325 e. The van der Waals surface area contributed by atoms with Gasteiger partial charge in [0.15, 0.2) is 0 Å². The highest BCUT2D eigenvalue weighted by atomic mass is 16.5. The summed E-state index contributed by atoms with van der Waals surface area (Å²) in [5.74, 6) is -0.292. The van der Waals surface area contributed by atoms with Gasteiger partial charge in [-0.25, -0.2) is 4.79 Å². The predicted octanol–water partition coefficient (Wildman–Crippen LogP) is -1.79. The van der Waals surface area contributed by atoms with Crippen LogP contribution in [-0.2, 0) is 16.0 Å². The average molecular weight is 283 g/mol. The molecule has 1 aromatic rings. The summed E-state index contributed by atoms with van der Waals surface area (Å²) in [5, 5.41) is 9.76. The third-order valence-corrected chi connectivity index (χ3v) is 3.32. The van der Waals surface area contributed by atoms with Crippen LogP contribution in [-0.4, -0.2) is 57.8 Å². The standard InChI is InChI=1S/C12H17N3O5/c1-2-15(8-5-20-6-9(8)16)10(17)3-7-4-13-12(19)14-11(7)18/h4,8-9,16H,2-3,5-6H2,1H3,(H2,13,14,18,19)/t8-,9-/m1/s1. The first-order valence-corrected chi connectivity index (χ1v) is 6.39. The van der Waals surface area contributed by atoms with Gasteiger partial charge in [0.05, 0.1) is 31.8 Å². The van der Waals surface area contributed by atoms with Crippen molar-refractivity contribution in [2.45, 2.75) is 25.5 Å².